The zero-order valence-corrected chi connectivity index (χ0v) is 19.5. The second-order valence-corrected chi connectivity index (χ2v) is 10.5. The predicted octanol–water partition coefficient (Wildman–Crippen LogP) is 2.94. The quantitative estimate of drug-likeness (QED) is 0.433. The van der Waals surface area contributed by atoms with Crippen LogP contribution in [0.4, 0.5) is 21.6 Å². The molecule has 0 saturated carbocycles. The van der Waals surface area contributed by atoms with E-state index in [2.05, 4.69) is 30.8 Å². The standard InChI is InChI=1S/C23H28FN5O3S/c1-15-10-17(28-33(2,3)31)12-20-22(15)23(26-14-25-20)27-19-5-4-16(24)11-21(19)32-18-6-7-29(13-18)8-9-30/h4-5,10-12,14,18,30H,2,6-9,13H2,1,3H3,(H,28,31)(H,25,26,27). The Balaban J connectivity index is 1.63. The summed E-state index contributed by atoms with van der Waals surface area (Å²) in [6.45, 7) is 4.11. The molecule has 2 unspecified atom stereocenters. The molecule has 0 radical (unpaired) electrons. The molecule has 3 N–H and O–H groups in total. The van der Waals surface area contributed by atoms with Gasteiger partial charge >= 0.3 is 0 Å². The van der Waals surface area contributed by atoms with E-state index in [0.717, 1.165) is 23.9 Å². The number of halogens is 1. The Morgan fingerprint density at radius 3 is 2.91 bits per heavy atom. The van der Waals surface area contributed by atoms with E-state index < -0.39 is 15.5 Å². The van der Waals surface area contributed by atoms with Crippen molar-refractivity contribution in [1.82, 2.24) is 14.9 Å². The SMILES string of the molecule is C=S(C)(=O)Nc1cc(C)c2c(Nc3ccc(F)cc3OC3CCN(CCO)C3)ncnc2c1. The first-order chi connectivity index (χ1) is 15.7. The molecule has 3 aromatic rings. The number of rotatable bonds is 8. The second kappa shape index (κ2) is 9.50. The van der Waals surface area contributed by atoms with Crippen LogP contribution in [0.2, 0.25) is 0 Å². The number of nitrogens with one attached hydrogen (secondary N) is 2. The average molecular weight is 474 g/mol. The highest BCUT2D eigenvalue weighted by Gasteiger charge is 2.24. The summed E-state index contributed by atoms with van der Waals surface area (Å²) in [6.07, 6.45) is 3.68. The number of likely N-dealkylation sites (tertiary alicyclic amines) is 1. The minimum absolute atomic E-state index is 0.0945. The third-order valence-electron chi connectivity index (χ3n) is 5.40. The Labute approximate surface area is 193 Å². The maximum Gasteiger partial charge on any atom is 0.146 e. The maximum atomic E-state index is 14.0. The van der Waals surface area contributed by atoms with E-state index in [1.165, 1.54) is 24.7 Å². The summed E-state index contributed by atoms with van der Waals surface area (Å²) in [4.78, 5) is 10.9. The molecule has 1 aromatic heterocycles. The lowest BCUT2D eigenvalue weighted by molar-refractivity contribution is 0.181. The molecule has 0 bridgehead atoms. The van der Waals surface area contributed by atoms with E-state index in [9.17, 15) is 8.60 Å². The van der Waals surface area contributed by atoms with E-state index in [-0.39, 0.29) is 12.7 Å². The van der Waals surface area contributed by atoms with Gasteiger partial charge in [0.1, 0.15) is 29.8 Å². The molecule has 0 aliphatic carbocycles. The van der Waals surface area contributed by atoms with Crippen molar-refractivity contribution in [1.29, 1.82) is 0 Å². The minimum atomic E-state index is -2.43. The van der Waals surface area contributed by atoms with E-state index in [0.29, 0.717) is 41.5 Å². The average Bonchev–Trinajstić information content (AvgIpc) is 3.16. The molecule has 1 aliphatic heterocycles. The van der Waals surface area contributed by atoms with Gasteiger partial charge in [-0.25, -0.2) is 18.6 Å². The molecule has 0 amide bonds. The van der Waals surface area contributed by atoms with Crippen LogP contribution in [-0.4, -0.2) is 68.7 Å². The summed E-state index contributed by atoms with van der Waals surface area (Å²) < 4.78 is 35.1. The van der Waals surface area contributed by atoms with Crippen molar-refractivity contribution in [2.24, 2.45) is 0 Å². The Bertz CT molecular complexity index is 1270. The molecule has 33 heavy (non-hydrogen) atoms. The number of fused-ring (bicyclic) bond motifs is 1. The molecule has 0 spiro atoms. The molecule has 2 aromatic carbocycles. The second-order valence-electron chi connectivity index (χ2n) is 8.33. The Morgan fingerprint density at radius 1 is 1.33 bits per heavy atom. The van der Waals surface area contributed by atoms with Crippen molar-refractivity contribution >= 4 is 43.7 Å². The molecule has 1 fully saturated rings. The zero-order valence-electron chi connectivity index (χ0n) is 18.7. The number of ether oxygens (including phenoxy) is 1. The molecule has 4 rings (SSSR count). The zero-order chi connectivity index (χ0) is 23.6. The van der Waals surface area contributed by atoms with Crippen molar-refractivity contribution in [3.63, 3.8) is 0 Å². The van der Waals surface area contributed by atoms with Crippen LogP contribution in [0, 0.1) is 12.7 Å². The molecule has 10 heteroatoms. The van der Waals surface area contributed by atoms with Crippen LogP contribution in [0.15, 0.2) is 36.7 Å². The summed E-state index contributed by atoms with van der Waals surface area (Å²) in [7, 11) is -2.43. The summed E-state index contributed by atoms with van der Waals surface area (Å²) in [6, 6.07) is 8.01. The van der Waals surface area contributed by atoms with Crippen molar-refractivity contribution in [3.8, 4) is 5.75 Å². The van der Waals surface area contributed by atoms with Gasteiger partial charge in [0.25, 0.3) is 0 Å². The number of aliphatic hydroxyl groups is 1. The Kier molecular flexibility index (Phi) is 6.68. The van der Waals surface area contributed by atoms with Crippen LogP contribution < -0.4 is 14.8 Å². The number of aromatic nitrogens is 2. The molecule has 1 saturated heterocycles. The minimum Gasteiger partial charge on any atom is -0.487 e. The topological polar surface area (TPSA) is 99.6 Å². The number of anilines is 3. The van der Waals surface area contributed by atoms with Crippen molar-refractivity contribution in [2.45, 2.75) is 19.4 Å². The summed E-state index contributed by atoms with van der Waals surface area (Å²) in [5.41, 5.74) is 2.79. The van der Waals surface area contributed by atoms with Gasteiger partial charge in [0, 0.05) is 52.7 Å². The fourth-order valence-corrected chi connectivity index (χ4v) is 4.65. The van der Waals surface area contributed by atoms with Gasteiger partial charge in [-0.3, -0.25) is 4.90 Å². The highest BCUT2D eigenvalue weighted by molar-refractivity contribution is 8.00. The van der Waals surface area contributed by atoms with Crippen molar-refractivity contribution in [2.75, 3.05) is 42.5 Å². The van der Waals surface area contributed by atoms with Crippen LogP contribution in [0.25, 0.3) is 10.9 Å². The van der Waals surface area contributed by atoms with Gasteiger partial charge < -0.3 is 19.9 Å². The van der Waals surface area contributed by atoms with Gasteiger partial charge in [-0.05, 0) is 49.0 Å². The van der Waals surface area contributed by atoms with Crippen LogP contribution in [-0.2, 0) is 9.71 Å². The highest BCUT2D eigenvalue weighted by atomic mass is 32.2. The van der Waals surface area contributed by atoms with Crippen LogP contribution in [0.1, 0.15) is 12.0 Å². The number of benzene rings is 2. The first-order valence-electron chi connectivity index (χ1n) is 10.6. The Morgan fingerprint density at radius 2 is 2.15 bits per heavy atom. The van der Waals surface area contributed by atoms with Crippen molar-refractivity contribution < 1.29 is 18.4 Å². The number of β-amino-alcohol motifs (C(OH)–C–C–N with tert-alkyl or cyclic N) is 1. The lowest BCUT2D eigenvalue weighted by Crippen LogP contribution is -2.27. The molecule has 1 aliphatic rings. The molecular formula is C23H28FN5O3S. The van der Waals surface area contributed by atoms with Crippen LogP contribution >= 0.6 is 0 Å². The number of aryl methyl sites for hydroxylation is 1. The van der Waals surface area contributed by atoms with Crippen LogP contribution in [0.3, 0.4) is 0 Å². The molecule has 2 heterocycles. The number of aliphatic hydroxyl groups excluding tert-OH is 1. The molecule has 176 valence electrons. The van der Waals surface area contributed by atoms with Gasteiger partial charge in [0.05, 0.1) is 17.8 Å². The van der Waals surface area contributed by atoms with Gasteiger partial charge in [-0.15, -0.1) is 0 Å². The van der Waals surface area contributed by atoms with E-state index in [4.69, 9.17) is 9.84 Å². The monoisotopic (exact) mass is 473 g/mol. The summed E-state index contributed by atoms with van der Waals surface area (Å²) in [5, 5.41) is 13.2. The van der Waals surface area contributed by atoms with Crippen molar-refractivity contribution in [3.05, 3.63) is 48.0 Å². The highest BCUT2D eigenvalue weighted by Crippen LogP contribution is 2.34. The summed E-state index contributed by atoms with van der Waals surface area (Å²) >= 11 is 0. The lowest BCUT2D eigenvalue weighted by Gasteiger charge is -2.19. The lowest BCUT2D eigenvalue weighted by atomic mass is 10.1. The van der Waals surface area contributed by atoms with Gasteiger partial charge in [-0.1, -0.05) is 0 Å². The maximum absolute atomic E-state index is 14.0. The number of hydrogen-bond donors (Lipinski definition) is 3. The first-order valence-corrected chi connectivity index (χ1v) is 12.8. The number of hydrogen-bond acceptors (Lipinski definition) is 7. The van der Waals surface area contributed by atoms with Crippen LogP contribution in [0.5, 0.6) is 5.75 Å². The van der Waals surface area contributed by atoms with E-state index >= 15 is 0 Å². The fraction of sp³-hybridized carbons (Fsp3) is 0.348. The molecular weight excluding hydrogens is 445 g/mol. The largest absolute Gasteiger partial charge is 0.487 e. The first kappa shape index (κ1) is 23.2. The van der Waals surface area contributed by atoms with E-state index in [1.54, 1.807) is 12.1 Å². The molecule has 8 nitrogen and oxygen atoms in total. The number of nitrogens with zero attached hydrogens (tertiary/aromatic N) is 3. The summed E-state index contributed by atoms with van der Waals surface area (Å²) in [5.74, 6) is 4.20. The van der Waals surface area contributed by atoms with Gasteiger partial charge in [0.2, 0.25) is 0 Å². The third kappa shape index (κ3) is 5.70. The molecule has 2 atom stereocenters. The fourth-order valence-electron chi connectivity index (χ4n) is 4.04. The third-order valence-corrected chi connectivity index (χ3v) is 6.07. The predicted molar refractivity (Wildman–Crippen MR) is 131 cm³/mol. The van der Waals surface area contributed by atoms with Gasteiger partial charge in [0.15, 0.2) is 0 Å². The van der Waals surface area contributed by atoms with Gasteiger partial charge in [-0.2, -0.15) is 0 Å². The Hall–Kier alpha value is -2.95. The normalized spacial score (nSPS) is 18.2. The smallest absolute Gasteiger partial charge is 0.146 e. The van der Waals surface area contributed by atoms with E-state index in [1.807, 2.05) is 13.0 Å².